The first kappa shape index (κ1) is 31.7. The molecule has 0 atom stereocenters. The van der Waals surface area contributed by atoms with E-state index in [0.717, 1.165) is 17.1 Å². The van der Waals surface area contributed by atoms with Crippen LogP contribution < -0.4 is 0 Å². The Hall–Kier alpha value is -7.62. The Labute approximate surface area is 329 Å². The van der Waals surface area contributed by atoms with Gasteiger partial charge in [0.05, 0.1) is 33.1 Å². The van der Waals surface area contributed by atoms with E-state index in [1.165, 1.54) is 87.7 Å². The lowest BCUT2D eigenvalue weighted by atomic mass is 10.0. The van der Waals surface area contributed by atoms with E-state index in [0.29, 0.717) is 0 Å². The molecule has 57 heavy (non-hydrogen) atoms. The van der Waals surface area contributed by atoms with Crippen LogP contribution in [0.5, 0.6) is 0 Å². The maximum Gasteiger partial charge on any atom is 0.0561 e. The van der Waals surface area contributed by atoms with Crippen LogP contribution in [0.25, 0.3) is 105 Å². The topological polar surface area (TPSA) is 14.8 Å². The normalized spacial score (nSPS) is 11.9. The molecule has 0 radical (unpaired) electrons. The molecular formula is C54H35N3. The zero-order valence-corrected chi connectivity index (χ0v) is 31.0. The predicted molar refractivity (Wildman–Crippen MR) is 240 cm³/mol. The second-order valence-corrected chi connectivity index (χ2v) is 15.0. The number of para-hydroxylation sites is 4. The summed E-state index contributed by atoms with van der Waals surface area (Å²) in [6.45, 7) is 0. The van der Waals surface area contributed by atoms with Gasteiger partial charge in [-0.2, -0.15) is 0 Å². The van der Waals surface area contributed by atoms with Crippen molar-refractivity contribution in [1.82, 2.24) is 13.7 Å². The largest absolute Gasteiger partial charge is 0.309 e. The SMILES string of the molecule is c1ccc(-c2ccc(-n3c4ccccc4c4cc(-c5ccc6c7ccccc7n(-c7ccc8c9ccccc9n(-c9ccccc9)c8c7)c6c5)ccc43)cc2)cc1. The molecular weight excluding hydrogens is 691 g/mol. The highest BCUT2D eigenvalue weighted by Crippen LogP contribution is 2.40. The van der Waals surface area contributed by atoms with Crippen LogP contribution in [0.1, 0.15) is 0 Å². The van der Waals surface area contributed by atoms with Gasteiger partial charge in [-0.3, -0.25) is 0 Å². The van der Waals surface area contributed by atoms with E-state index in [-0.39, 0.29) is 0 Å². The molecule has 12 rings (SSSR count). The van der Waals surface area contributed by atoms with Crippen molar-refractivity contribution in [3.8, 4) is 39.3 Å². The number of nitrogens with zero attached hydrogens (tertiary/aromatic N) is 3. The minimum atomic E-state index is 1.14. The summed E-state index contributed by atoms with van der Waals surface area (Å²) in [7, 11) is 0. The second kappa shape index (κ2) is 12.5. The van der Waals surface area contributed by atoms with E-state index in [9.17, 15) is 0 Å². The Bertz CT molecular complexity index is 3490. The smallest absolute Gasteiger partial charge is 0.0561 e. The molecule has 3 heterocycles. The zero-order valence-electron chi connectivity index (χ0n) is 31.0. The maximum atomic E-state index is 2.45. The highest BCUT2D eigenvalue weighted by molar-refractivity contribution is 6.14. The van der Waals surface area contributed by atoms with Crippen molar-refractivity contribution in [2.75, 3.05) is 0 Å². The van der Waals surface area contributed by atoms with Crippen molar-refractivity contribution < 1.29 is 0 Å². The zero-order chi connectivity index (χ0) is 37.5. The van der Waals surface area contributed by atoms with Gasteiger partial charge in [0.1, 0.15) is 0 Å². The number of rotatable bonds is 5. The average molecular weight is 726 g/mol. The summed E-state index contributed by atoms with van der Waals surface area (Å²) in [5.74, 6) is 0. The Morgan fingerprint density at radius 3 is 1.25 bits per heavy atom. The molecule has 3 nitrogen and oxygen atoms in total. The van der Waals surface area contributed by atoms with E-state index in [4.69, 9.17) is 0 Å². The number of hydrogen-bond donors (Lipinski definition) is 0. The van der Waals surface area contributed by atoms with Gasteiger partial charge in [-0.05, 0) is 95.1 Å². The molecule has 0 amide bonds. The molecule has 12 aromatic rings. The molecule has 0 bridgehead atoms. The van der Waals surface area contributed by atoms with Crippen molar-refractivity contribution in [3.63, 3.8) is 0 Å². The number of benzene rings is 9. The molecule has 3 aromatic heterocycles. The Kier molecular flexibility index (Phi) is 6.93. The summed E-state index contributed by atoms with van der Waals surface area (Å²) in [6.07, 6.45) is 0. The lowest BCUT2D eigenvalue weighted by Crippen LogP contribution is -1.97. The van der Waals surface area contributed by atoms with Crippen LogP contribution in [0, 0.1) is 0 Å². The van der Waals surface area contributed by atoms with Crippen LogP contribution in [0.3, 0.4) is 0 Å². The minimum absolute atomic E-state index is 1.14. The molecule has 0 unspecified atom stereocenters. The molecule has 0 aliphatic heterocycles. The van der Waals surface area contributed by atoms with Crippen LogP contribution in [0.2, 0.25) is 0 Å². The highest BCUT2D eigenvalue weighted by atomic mass is 15.0. The average Bonchev–Trinajstić information content (AvgIpc) is 3.92. The number of hydrogen-bond acceptors (Lipinski definition) is 0. The van der Waals surface area contributed by atoms with Crippen LogP contribution in [0.4, 0.5) is 0 Å². The summed E-state index contributed by atoms with van der Waals surface area (Å²) in [5.41, 5.74) is 15.5. The van der Waals surface area contributed by atoms with E-state index < -0.39 is 0 Å². The maximum absolute atomic E-state index is 2.45. The van der Waals surface area contributed by atoms with E-state index in [1.54, 1.807) is 0 Å². The molecule has 0 aliphatic rings. The Balaban J connectivity index is 1.03. The second-order valence-electron chi connectivity index (χ2n) is 15.0. The molecule has 0 aliphatic carbocycles. The van der Waals surface area contributed by atoms with Crippen molar-refractivity contribution in [3.05, 3.63) is 212 Å². The third-order valence-electron chi connectivity index (χ3n) is 11.8. The first-order valence-corrected chi connectivity index (χ1v) is 19.6. The quantitative estimate of drug-likeness (QED) is 0.168. The summed E-state index contributed by atoms with van der Waals surface area (Å²) in [5, 5.41) is 7.50. The Morgan fingerprint density at radius 2 is 0.579 bits per heavy atom. The van der Waals surface area contributed by atoms with Gasteiger partial charge < -0.3 is 13.7 Å². The van der Waals surface area contributed by atoms with Gasteiger partial charge in [-0.25, -0.2) is 0 Å². The van der Waals surface area contributed by atoms with E-state index in [2.05, 4.69) is 226 Å². The van der Waals surface area contributed by atoms with Gasteiger partial charge in [0.15, 0.2) is 0 Å². The fourth-order valence-corrected chi connectivity index (χ4v) is 9.25. The van der Waals surface area contributed by atoms with Crippen LogP contribution in [-0.2, 0) is 0 Å². The molecule has 9 aromatic carbocycles. The van der Waals surface area contributed by atoms with E-state index >= 15 is 0 Å². The van der Waals surface area contributed by atoms with Crippen molar-refractivity contribution >= 4 is 65.4 Å². The van der Waals surface area contributed by atoms with Gasteiger partial charge in [0.25, 0.3) is 0 Å². The standard InChI is InChI=1S/C54H35N3/c1-3-13-36(14-4-1)37-23-27-41(28-24-37)55-51-22-12-9-19-45(51)48-33-38(26-32-52(48)55)39-25-30-46-43-17-8-11-21-50(43)57(53(46)34-39)42-29-31-47-44-18-7-10-20-49(44)56(54(47)35-42)40-15-5-2-6-16-40/h1-35H. The van der Waals surface area contributed by atoms with Crippen molar-refractivity contribution in [2.24, 2.45) is 0 Å². The van der Waals surface area contributed by atoms with Gasteiger partial charge in [0, 0.05) is 49.4 Å². The first-order chi connectivity index (χ1) is 28.3. The fraction of sp³-hybridized carbons (Fsp3) is 0. The van der Waals surface area contributed by atoms with Crippen LogP contribution >= 0.6 is 0 Å². The van der Waals surface area contributed by atoms with Gasteiger partial charge in [-0.15, -0.1) is 0 Å². The minimum Gasteiger partial charge on any atom is -0.309 e. The van der Waals surface area contributed by atoms with Crippen molar-refractivity contribution in [1.29, 1.82) is 0 Å². The lowest BCUT2D eigenvalue weighted by Gasteiger charge is -2.12. The number of aromatic nitrogens is 3. The summed E-state index contributed by atoms with van der Waals surface area (Å²) < 4.78 is 7.25. The first-order valence-electron chi connectivity index (χ1n) is 19.6. The summed E-state index contributed by atoms with van der Waals surface area (Å²) >= 11 is 0. The molecule has 0 saturated heterocycles. The molecule has 0 saturated carbocycles. The molecule has 0 fully saturated rings. The predicted octanol–water partition coefficient (Wildman–Crippen LogP) is 14.3. The lowest BCUT2D eigenvalue weighted by molar-refractivity contribution is 1.15. The molecule has 266 valence electrons. The van der Waals surface area contributed by atoms with Gasteiger partial charge in [0.2, 0.25) is 0 Å². The third-order valence-corrected chi connectivity index (χ3v) is 11.8. The summed E-state index contributed by atoms with van der Waals surface area (Å²) in [6, 6.07) is 77.4. The summed E-state index contributed by atoms with van der Waals surface area (Å²) in [4.78, 5) is 0. The molecule has 0 spiro atoms. The third kappa shape index (κ3) is 4.86. The van der Waals surface area contributed by atoms with E-state index in [1.807, 2.05) is 0 Å². The van der Waals surface area contributed by atoms with Crippen LogP contribution in [-0.4, -0.2) is 13.7 Å². The van der Waals surface area contributed by atoms with Crippen molar-refractivity contribution in [2.45, 2.75) is 0 Å². The molecule has 3 heteroatoms. The monoisotopic (exact) mass is 725 g/mol. The van der Waals surface area contributed by atoms with Crippen LogP contribution in [0.15, 0.2) is 212 Å². The number of fused-ring (bicyclic) bond motifs is 9. The van der Waals surface area contributed by atoms with Gasteiger partial charge >= 0.3 is 0 Å². The Morgan fingerprint density at radius 1 is 0.193 bits per heavy atom. The molecule has 0 N–H and O–H groups in total. The van der Waals surface area contributed by atoms with Gasteiger partial charge in [-0.1, -0.05) is 140 Å². The highest BCUT2D eigenvalue weighted by Gasteiger charge is 2.18. The fourth-order valence-electron chi connectivity index (χ4n) is 9.25.